The summed E-state index contributed by atoms with van der Waals surface area (Å²) < 4.78 is 5.72. The molecular formula is C16H27N3O4. The van der Waals surface area contributed by atoms with Crippen molar-refractivity contribution in [2.45, 2.75) is 63.3 Å². The zero-order chi connectivity index (χ0) is 16.7. The fraction of sp³-hybridized carbons (Fsp3) is 0.750. The lowest BCUT2D eigenvalue weighted by atomic mass is 9.93. The molecule has 130 valence electrons. The minimum atomic E-state index is -0.547. The number of carbonyl (C=O) groups is 2. The molecule has 4 N–H and O–H groups in total. The van der Waals surface area contributed by atoms with Crippen LogP contribution in [-0.4, -0.2) is 54.5 Å². The highest BCUT2D eigenvalue weighted by molar-refractivity contribution is 5.77. The van der Waals surface area contributed by atoms with Crippen molar-refractivity contribution < 1.29 is 19.4 Å². The van der Waals surface area contributed by atoms with Gasteiger partial charge in [-0.3, -0.25) is 4.79 Å². The van der Waals surface area contributed by atoms with E-state index < -0.39 is 12.1 Å². The van der Waals surface area contributed by atoms with Gasteiger partial charge in [-0.05, 0) is 25.7 Å². The number of rotatable bonds is 7. The van der Waals surface area contributed by atoms with Crippen LogP contribution in [0.2, 0.25) is 0 Å². The van der Waals surface area contributed by atoms with Gasteiger partial charge in [0.05, 0.1) is 25.2 Å². The molecule has 0 bridgehead atoms. The number of amides is 3. The summed E-state index contributed by atoms with van der Waals surface area (Å²) in [4.78, 5) is 23.6. The first-order valence-corrected chi connectivity index (χ1v) is 8.40. The molecule has 1 aliphatic heterocycles. The molecular weight excluding hydrogens is 298 g/mol. The minimum absolute atomic E-state index is 0.0341. The topological polar surface area (TPSA) is 99.7 Å². The molecule has 23 heavy (non-hydrogen) atoms. The maximum atomic E-state index is 11.9. The average molecular weight is 325 g/mol. The number of hydrogen-bond acceptors (Lipinski definition) is 4. The van der Waals surface area contributed by atoms with Gasteiger partial charge < -0.3 is 25.8 Å². The third-order valence-electron chi connectivity index (χ3n) is 4.15. The third-order valence-corrected chi connectivity index (χ3v) is 4.15. The van der Waals surface area contributed by atoms with Gasteiger partial charge in [-0.2, -0.15) is 0 Å². The quantitative estimate of drug-likeness (QED) is 0.510. The second kappa shape index (κ2) is 8.88. The first-order chi connectivity index (χ1) is 11.1. The second-order valence-electron chi connectivity index (χ2n) is 6.11. The molecule has 1 aliphatic carbocycles. The monoisotopic (exact) mass is 325 g/mol. The van der Waals surface area contributed by atoms with E-state index in [1.807, 2.05) is 6.92 Å². The Morgan fingerprint density at radius 1 is 1.26 bits per heavy atom. The van der Waals surface area contributed by atoms with Gasteiger partial charge in [-0.1, -0.05) is 19.1 Å². The number of hydrogen-bond donors (Lipinski definition) is 4. The van der Waals surface area contributed by atoms with E-state index in [9.17, 15) is 14.7 Å². The van der Waals surface area contributed by atoms with Gasteiger partial charge in [0.1, 0.15) is 6.10 Å². The van der Waals surface area contributed by atoms with E-state index in [0.29, 0.717) is 12.6 Å². The molecule has 2 rings (SSSR count). The van der Waals surface area contributed by atoms with Gasteiger partial charge in [0.15, 0.2) is 0 Å². The van der Waals surface area contributed by atoms with Crippen LogP contribution in [0.4, 0.5) is 4.79 Å². The number of ether oxygens (including phenoxy) is 1. The van der Waals surface area contributed by atoms with Crippen molar-refractivity contribution in [1.29, 1.82) is 0 Å². The van der Waals surface area contributed by atoms with E-state index >= 15 is 0 Å². The Kier molecular flexibility index (Phi) is 6.85. The first kappa shape index (κ1) is 17.7. The smallest absolute Gasteiger partial charge is 0.315 e. The fourth-order valence-electron chi connectivity index (χ4n) is 2.60. The zero-order valence-corrected chi connectivity index (χ0v) is 13.6. The molecule has 1 fully saturated rings. The molecule has 0 saturated heterocycles. The summed E-state index contributed by atoms with van der Waals surface area (Å²) in [7, 11) is 0. The van der Waals surface area contributed by atoms with Crippen molar-refractivity contribution >= 4 is 11.9 Å². The number of aliphatic hydroxyl groups excluding tert-OH is 1. The Morgan fingerprint density at radius 2 is 2.04 bits per heavy atom. The van der Waals surface area contributed by atoms with Crippen LogP contribution in [0.1, 0.15) is 39.0 Å². The molecule has 0 aromatic heterocycles. The van der Waals surface area contributed by atoms with Gasteiger partial charge in [-0.25, -0.2) is 4.79 Å². The van der Waals surface area contributed by atoms with Gasteiger partial charge in [-0.15, -0.1) is 0 Å². The predicted octanol–water partition coefficient (Wildman–Crippen LogP) is 0.439. The maximum Gasteiger partial charge on any atom is 0.315 e. The average Bonchev–Trinajstić information content (AvgIpc) is 2.50. The van der Waals surface area contributed by atoms with Crippen LogP contribution in [0.5, 0.6) is 0 Å². The molecule has 2 aliphatic rings. The van der Waals surface area contributed by atoms with Crippen molar-refractivity contribution in [3.8, 4) is 0 Å². The van der Waals surface area contributed by atoms with E-state index in [2.05, 4.69) is 16.0 Å². The third kappa shape index (κ3) is 5.51. The molecule has 0 unspecified atom stereocenters. The number of nitrogens with one attached hydrogen (secondary N) is 3. The Labute approximate surface area is 136 Å². The van der Waals surface area contributed by atoms with Crippen LogP contribution in [0.15, 0.2) is 12.2 Å². The maximum absolute atomic E-state index is 11.9. The van der Waals surface area contributed by atoms with Crippen LogP contribution in [0.3, 0.4) is 0 Å². The molecule has 7 heteroatoms. The summed E-state index contributed by atoms with van der Waals surface area (Å²) in [6, 6.07) is -0.382. The van der Waals surface area contributed by atoms with Crippen LogP contribution >= 0.6 is 0 Å². The first-order valence-electron chi connectivity index (χ1n) is 8.40. The van der Waals surface area contributed by atoms with E-state index in [1.165, 1.54) is 6.42 Å². The molecule has 0 aromatic carbocycles. The van der Waals surface area contributed by atoms with Crippen molar-refractivity contribution in [2.75, 3.05) is 13.2 Å². The lowest BCUT2D eigenvalue weighted by Crippen LogP contribution is -2.52. The summed E-state index contributed by atoms with van der Waals surface area (Å²) in [5, 5.41) is 17.9. The minimum Gasteiger partial charge on any atom is -0.394 e. The summed E-state index contributed by atoms with van der Waals surface area (Å²) in [5.41, 5.74) is 0. The van der Waals surface area contributed by atoms with Gasteiger partial charge >= 0.3 is 6.03 Å². The Morgan fingerprint density at radius 3 is 2.65 bits per heavy atom. The summed E-state index contributed by atoms with van der Waals surface area (Å²) in [6.07, 6.45) is 7.00. The molecule has 1 saturated carbocycles. The highest BCUT2D eigenvalue weighted by atomic mass is 16.5. The van der Waals surface area contributed by atoms with Gasteiger partial charge in [0, 0.05) is 12.6 Å². The second-order valence-corrected chi connectivity index (χ2v) is 6.11. The number of aliphatic hydroxyl groups is 1. The van der Waals surface area contributed by atoms with Crippen molar-refractivity contribution in [1.82, 2.24) is 16.0 Å². The van der Waals surface area contributed by atoms with E-state index in [-0.39, 0.29) is 31.1 Å². The van der Waals surface area contributed by atoms with Crippen LogP contribution in [0.25, 0.3) is 0 Å². The number of urea groups is 1. The van der Waals surface area contributed by atoms with Crippen LogP contribution in [0, 0.1) is 0 Å². The molecule has 3 atom stereocenters. The Balaban J connectivity index is 1.80. The van der Waals surface area contributed by atoms with Crippen molar-refractivity contribution in [2.24, 2.45) is 0 Å². The van der Waals surface area contributed by atoms with Crippen molar-refractivity contribution in [3.05, 3.63) is 12.2 Å². The van der Waals surface area contributed by atoms with E-state index in [1.54, 1.807) is 12.2 Å². The summed E-state index contributed by atoms with van der Waals surface area (Å²) in [6.45, 7) is 2.35. The fourth-order valence-corrected chi connectivity index (χ4v) is 2.60. The highest BCUT2D eigenvalue weighted by Gasteiger charge is 2.29. The summed E-state index contributed by atoms with van der Waals surface area (Å²) >= 11 is 0. The molecule has 0 spiro atoms. The standard InChI is InChI=1S/C16H27N3O4/c1-2-8-17-16(22)19-13-7-6-12(23-14(13)10-20)9-15(21)18-11-4-3-5-11/h6-7,11-14,20H,2-5,8-10H2,1H3,(H,18,21)(H2,17,19,22)/t12-,13-,14-/m1/s1. The van der Waals surface area contributed by atoms with E-state index in [4.69, 9.17) is 4.74 Å². The van der Waals surface area contributed by atoms with Gasteiger partial charge in [0.2, 0.25) is 5.91 Å². The highest BCUT2D eigenvalue weighted by Crippen LogP contribution is 2.19. The lowest BCUT2D eigenvalue weighted by Gasteiger charge is -2.32. The molecule has 1 heterocycles. The van der Waals surface area contributed by atoms with Crippen LogP contribution in [-0.2, 0) is 9.53 Å². The van der Waals surface area contributed by atoms with Crippen LogP contribution < -0.4 is 16.0 Å². The summed E-state index contributed by atoms with van der Waals surface area (Å²) in [5.74, 6) is -0.0341. The molecule has 3 amide bonds. The number of carbonyl (C=O) groups excluding carboxylic acids is 2. The molecule has 7 nitrogen and oxygen atoms in total. The Bertz CT molecular complexity index is 437. The largest absolute Gasteiger partial charge is 0.394 e. The van der Waals surface area contributed by atoms with Gasteiger partial charge in [0.25, 0.3) is 0 Å². The molecule has 0 radical (unpaired) electrons. The van der Waals surface area contributed by atoms with E-state index in [0.717, 1.165) is 19.3 Å². The Hall–Kier alpha value is -1.60. The SMILES string of the molecule is CCCNC(=O)N[C@@H]1C=C[C@H](CC(=O)NC2CCC2)O[C@@H]1CO. The predicted molar refractivity (Wildman–Crippen MR) is 85.9 cm³/mol. The normalized spacial score (nSPS) is 27.1. The lowest BCUT2D eigenvalue weighted by molar-refractivity contribution is -0.126. The zero-order valence-electron chi connectivity index (χ0n) is 13.6. The van der Waals surface area contributed by atoms with Crippen molar-refractivity contribution in [3.63, 3.8) is 0 Å². The molecule has 0 aromatic rings.